The predicted molar refractivity (Wildman–Crippen MR) is 101 cm³/mol. The summed E-state index contributed by atoms with van der Waals surface area (Å²) in [5.74, 6) is -0.315. The van der Waals surface area contributed by atoms with E-state index in [2.05, 4.69) is 10.0 Å². The lowest BCUT2D eigenvalue weighted by molar-refractivity contribution is 0.0940. The van der Waals surface area contributed by atoms with Crippen molar-refractivity contribution in [2.24, 2.45) is 0 Å². The normalized spacial score (nSPS) is 15.6. The zero-order valence-electron chi connectivity index (χ0n) is 15.9. The molecular weight excluding hydrogens is 370 g/mol. The molecular formula is C18H27N3O5S. The second-order valence-corrected chi connectivity index (χ2v) is 8.45. The van der Waals surface area contributed by atoms with E-state index in [-0.39, 0.29) is 29.0 Å². The molecule has 0 unspecified atom stereocenters. The SMILES string of the molecule is CCOC(=O)N1CCC(NS(=O)(=O)c2cccc(C(=O)NC(C)C)c2)CC1. The molecule has 150 valence electrons. The van der Waals surface area contributed by atoms with E-state index >= 15 is 0 Å². The molecule has 2 amide bonds. The molecule has 9 heteroatoms. The molecule has 27 heavy (non-hydrogen) atoms. The van der Waals surface area contributed by atoms with Crippen molar-refractivity contribution in [2.75, 3.05) is 19.7 Å². The molecule has 1 aliphatic rings. The van der Waals surface area contributed by atoms with E-state index in [9.17, 15) is 18.0 Å². The van der Waals surface area contributed by atoms with E-state index in [1.54, 1.807) is 24.0 Å². The van der Waals surface area contributed by atoms with Crippen LogP contribution in [0.2, 0.25) is 0 Å². The fourth-order valence-electron chi connectivity index (χ4n) is 2.83. The second-order valence-electron chi connectivity index (χ2n) is 6.74. The topological polar surface area (TPSA) is 105 Å². The largest absolute Gasteiger partial charge is 0.450 e. The van der Waals surface area contributed by atoms with Crippen molar-refractivity contribution in [3.8, 4) is 0 Å². The summed E-state index contributed by atoms with van der Waals surface area (Å²) in [4.78, 5) is 25.4. The van der Waals surface area contributed by atoms with Gasteiger partial charge in [-0.15, -0.1) is 0 Å². The fourth-order valence-corrected chi connectivity index (χ4v) is 4.18. The van der Waals surface area contributed by atoms with E-state index in [1.807, 2.05) is 13.8 Å². The molecule has 1 aliphatic heterocycles. The highest BCUT2D eigenvalue weighted by atomic mass is 32.2. The fraction of sp³-hybridized carbons (Fsp3) is 0.556. The number of nitrogens with one attached hydrogen (secondary N) is 2. The third-order valence-electron chi connectivity index (χ3n) is 4.17. The summed E-state index contributed by atoms with van der Waals surface area (Å²) < 4.78 is 33.0. The van der Waals surface area contributed by atoms with Crippen LogP contribution in [0.4, 0.5) is 4.79 Å². The lowest BCUT2D eigenvalue weighted by atomic mass is 10.1. The van der Waals surface area contributed by atoms with Gasteiger partial charge in [-0.1, -0.05) is 6.07 Å². The highest BCUT2D eigenvalue weighted by Crippen LogP contribution is 2.17. The maximum atomic E-state index is 12.7. The van der Waals surface area contributed by atoms with Crippen molar-refractivity contribution in [2.45, 2.75) is 50.6 Å². The number of benzene rings is 1. The van der Waals surface area contributed by atoms with Gasteiger partial charge in [0, 0.05) is 30.7 Å². The first-order valence-corrected chi connectivity index (χ1v) is 10.6. The molecule has 2 rings (SSSR count). The lowest BCUT2D eigenvalue weighted by Crippen LogP contribution is -2.46. The van der Waals surface area contributed by atoms with Crippen LogP contribution in [0, 0.1) is 0 Å². The Hall–Kier alpha value is -2.13. The summed E-state index contributed by atoms with van der Waals surface area (Å²) in [7, 11) is -3.76. The van der Waals surface area contributed by atoms with Gasteiger partial charge in [0.15, 0.2) is 0 Å². The van der Waals surface area contributed by atoms with Crippen molar-refractivity contribution < 1.29 is 22.7 Å². The summed E-state index contributed by atoms with van der Waals surface area (Å²) in [6.45, 7) is 6.59. The molecule has 0 aromatic heterocycles. The van der Waals surface area contributed by atoms with Crippen molar-refractivity contribution >= 4 is 22.0 Å². The first kappa shape index (κ1) is 21.2. The summed E-state index contributed by atoms with van der Waals surface area (Å²) in [6.07, 6.45) is 0.639. The minimum atomic E-state index is -3.76. The Bertz CT molecular complexity index is 771. The molecule has 2 N–H and O–H groups in total. The number of nitrogens with zero attached hydrogens (tertiary/aromatic N) is 1. The van der Waals surface area contributed by atoms with Crippen LogP contribution in [0.15, 0.2) is 29.2 Å². The average molecular weight is 397 g/mol. The van der Waals surface area contributed by atoms with E-state index in [1.165, 1.54) is 12.1 Å². The summed E-state index contributed by atoms with van der Waals surface area (Å²) in [5, 5.41) is 2.74. The Morgan fingerprint density at radius 1 is 1.26 bits per heavy atom. The van der Waals surface area contributed by atoms with Gasteiger partial charge in [0.05, 0.1) is 11.5 Å². The number of amides is 2. The van der Waals surface area contributed by atoms with E-state index < -0.39 is 10.0 Å². The molecule has 0 atom stereocenters. The van der Waals surface area contributed by atoms with E-state index in [4.69, 9.17) is 4.74 Å². The monoisotopic (exact) mass is 397 g/mol. The Morgan fingerprint density at radius 3 is 2.52 bits per heavy atom. The minimum Gasteiger partial charge on any atom is -0.450 e. The third-order valence-corrected chi connectivity index (χ3v) is 5.69. The van der Waals surface area contributed by atoms with Gasteiger partial charge in [-0.3, -0.25) is 4.79 Å². The molecule has 0 radical (unpaired) electrons. The number of carbonyl (C=O) groups excluding carboxylic acids is 2. The van der Waals surface area contributed by atoms with Gasteiger partial charge in [-0.2, -0.15) is 0 Å². The average Bonchev–Trinajstić information content (AvgIpc) is 2.62. The number of likely N-dealkylation sites (tertiary alicyclic amines) is 1. The van der Waals surface area contributed by atoms with Crippen LogP contribution in [0.25, 0.3) is 0 Å². The highest BCUT2D eigenvalue weighted by Gasteiger charge is 2.27. The zero-order chi connectivity index (χ0) is 20.0. The van der Waals surface area contributed by atoms with Gasteiger partial charge in [0.2, 0.25) is 10.0 Å². The van der Waals surface area contributed by atoms with Crippen molar-refractivity contribution in [1.82, 2.24) is 14.9 Å². The van der Waals surface area contributed by atoms with Crippen LogP contribution in [-0.4, -0.2) is 57.1 Å². The van der Waals surface area contributed by atoms with E-state index in [0.717, 1.165) is 0 Å². The van der Waals surface area contributed by atoms with Gasteiger partial charge in [-0.25, -0.2) is 17.9 Å². The van der Waals surface area contributed by atoms with Gasteiger partial charge in [0.1, 0.15) is 0 Å². The number of rotatable bonds is 6. The molecule has 1 aromatic rings. The van der Waals surface area contributed by atoms with Crippen LogP contribution in [-0.2, 0) is 14.8 Å². The van der Waals surface area contributed by atoms with Crippen LogP contribution in [0.5, 0.6) is 0 Å². The Morgan fingerprint density at radius 2 is 1.93 bits per heavy atom. The molecule has 0 spiro atoms. The summed E-state index contributed by atoms with van der Waals surface area (Å²) in [6, 6.07) is 5.65. The van der Waals surface area contributed by atoms with Crippen molar-refractivity contribution in [3.05, 3.63) is 29.8 Å². The number of sulfonamides is 1. The maximum Gasteiger partial charge on any atom is 0.409 e. The standard InChI is InChI=1S/C18H27N3O5S/c1-4-26-18(23)21-10-8-15(9-11-21)20-27(24,25)16-7-5-6-14(12-16)17(22)19-13(2)3/h5-7,12-13,15,20H,4,8-11H2,1-3H3,(H,19,22). The molecule has 0 bridgehead atoms. The zero-order valence-corrected chi connectivity index (χ0v) is 16.7. The molecule has 1 heterocycles. The van der Waals surface area contributed by atoms with Crippen LogP contribution >= 0.6 is 0 Å². The first-order chi connectivity index (χ1) is 12.7. The lowest BCUT2D eigenvalue weighted by Gasteiger charge is -2.31. The molecule has 1 fully saturated rings. The van der Waals surface area contributed by atoms with Crippen LogP contribution in [0.3, 0.4) is 0 Å². The van der Waals surface area contributed by atoms with E-state index in [0.29, 0.717) is 38.1 Å². The molecule has 0 saturated carbocycles. The van der Waals surface area contributed by atoms with Gasteiger partial charge in [0.25, 0.3) is 5.91 Å². The van der Waals surface area contributed by atoms with Crippen LogP contribution < -0.4 is 10.0 Å². The Balaban J connectivity index is 2.01. The Labute approximate surface area is 160 Å². The number of hydrogen-bond acceptors (Lipinski definition) is 5. The minimum absolute atomic E-state index is 0.0412. The predicted octanol–water partition coefficient (Wildman–Crippen LogP) is 1.72. The number of piperidine rings is 1. The molecule has 0 aliphatic carbocycles. The van der Waals surface area contributed by atoms with Gasteiger partial charge >= 0.3 is 6.09 Å². The van der Waals surface area contributed by atoms with Crippen molar-refractivity contribution in [1.29, 1.82) is 0 Å². The third kappa shape index (κ3) is 5.93. The summed E-state index contributed by atoms with van der Waals surface area (Å²) >= 11 is 0. The molecule has 8 nitrogen and oxygen atoms in total. The van der Waals surface area contributed by atoms with Crippen LogP contribution in [0.1, 0.15) is 44.0 Å². The quantitative estimate of drug-likeness (QED) is 0.761. The maximum absolute atomic E-state index is 12.7. The number of ether oxygens (including phenoxy) is 1. The second kappa shape index (κ2) is 9.18. The number of carbonyl (C=O) groups is 2. The van der Waals surface area contributed by atoms with Gasteiger partial charge < -0.3 is 15.0 Å². The van der Waals surface area contributed by atoms with Gasteiger partial charge in [-0.05, 0) is 51.8 Å². The first-order valence-electron chi connectivity index (χ1n) is 9.08. The Kier molecular flexibility index (Phi) is 7.20. The summed E-state index contributed by atoms with van der Waals surface area (Å²) in [5.41, 5.74) is 0.295. The molecule has 1 aromatic carbocycles. The highest BCUT2D eigenvalue weighted by molar-refractivity contribution is 7.89. The molecule has 1 saturated heterocycles. The van der Waals surface area contributed by atoms with Crippen molar-refractivity contribution in [3.63, 3.8) is 0 Å². The smallest absolute Gasteiger partial charge is 0.409 e. The number of hydrogen-bond donors (Lipinski definition) is 2.